The van der Waals surface area contributed by atoms with Crippen LogP contribution in [0.1, 0.15) is 15.9 Å². The van der Waals surface area contributed by atoms with Crippen LogP contribution in [0.5, 0.6) is 11.5 Å². The molecular formula is C22H16BrClN2O4. The van der Waals surface area contributed by atoms with Crippen molar-refractivity contribution in [2.75, 3.05) is 6.61 Å². The van der Waals surface area contributed by atoms with Gasteiger partial charge in [-0.2, -0.15) is 5.10 Å². The Hall–Kier alpha value is -3.16. The Balaban J connectivity index is 1.61. The highest BCUT2D eigenvalue weighted by molar-refractivity contribution is 9.10. The molecule has 0 bridgehead atoms. The summed E-state index contributed by atoms with van der Waals surface area (Å²) >= 11 is 9.24. The lowest BCUT2D eigenvalue weighted by atomic mass is 10.2. The van der Waals surface area contributed by atoms with Gasteiger partial charge in [0.05, 0.1) is 11.8 Å². The Morgan fingerprint density at radius 3 is 2.60 bits per heavy atom. The van der Waals surface area contributed by atoms with E-state index in [1.807, 2.05) is 6.07 Å². The number of rotatable bonds is 7. The molecule has 0 aliphatic heterocycles. The maximum Gasteiger partial charge on any atom is 0.343 e. The van der Waals surface area contributed by atoms with Crippen LogP contribution in [0.15, 0.2) is 82.4 Å². The smallest absolute Gasteiger partial charge is 0.343 e. The van der Waals surface area contributed by atoms with Crippen molar-refractivity contribution < 1.29 is 19.1 Å². The molecule has 0 unspecified atom stereocenters. The second-order valence-electron chi connectivity index (χ2n) is 5.98. The fourth-order valence-electron chi connectivity index (χ4n) is 2.36. The predicted octanol–water partition coefficient (Wildman–Crippen LogP) is 4.85. The number of ether oxygens (including phenoxy) is 2. The first kappa shape index (κ1) is 21.5. The zero-order valence-electron chi connectivity index (χ0n) is 15.5. The highest BCUT2D eigenvalue weighted by Crippen LogP contribution is 2.23. The van der Waals surface area contributed by atoms with E-state index in [4.69, 9.17) is 21.1 Å². The van der Waals surface area contributed by atoms with Crippen LogP contribution in [0.3, 0.4) is 0 Å². The summed E-state index contributed by atoms with van der Waals surface area (Å²) < 4.78 is 11.6. The van der Waals surface area contributed by atoms with Gasteiger partial charge in [-0.1, -0.05) is 51.8 Å². The molecule has 0 saturated heterocycles. The molecule has 3 aromatic rings. The van der Waals surface area contributed by atoms with Crippen molar-refractivity contribution in [1.29, 1.82) is 0 Å². The van der Waals surface area contributed by atoms with E-state index in [1.54, 1.807) is 66.7 Å². The molecule has 6 nitrogen and oxygen atoms in total. The zero-order chi connectivity index (χ0) is 21.3. The van der Waals surface area contributed by atoms with Crippen molar-refractivity contribution in [3.8, 4) is 11.5 Å². The molecule has 3 aromatic carbocycles. The minimum Gasteiger partial charge on any atom is -0.484 e. The number of carbonyl (C=O) groups excluding carboxylic acids is 2. The van der Waals surface area contributed by atoms with Crippen LogP contribution in [0.25, 0.3) is 0 Å². The summed E-state index contributed by atoms with van der Waals surface area (Å²) in [7, 11) is 0. The SMILES string of the molecule is O=C(COc1cccc(Cl)c1)NN=Cc1cc(Br)ccc1OC(=O)c1ccccc1. The van der Waals surface area contributed by atoms with Crippen molar-refractivity contribution in [2.24, 2.45) is 5.10 Å². The summed E-state index contributed by atoms with van der Waals surface area (Å²) in [5.41, 5.74) is 3.29. The summed E-state index contributed by atoms with van der Waals surface area (Å²) in [5.74, 6) is -0.167. The Bertz CT molecular complexity index is 1070. The molecule has 1 amide bonds. The number of hydrogen-bond donors (Lipinski definition) is 1. The maximum atomic E-state index is 12.3. The third-order valence-corrected chi connectivity index (χ3v) is 4.47. The van der Waals surface area contributed by atoms with Crippen LogP contribution in [0.4, 0.5) is 0 Å². The molecule has 152 valence electrons. The van der Waals surface area contributed by atoms with Gasteiger partial charge in [0.1, 0.15) is 11.5 Å². The number of carbonyl (C=O) groups is 2. The summed E-state index contributed by atoms with van der Waals surface area (Å²) in [5, 5.41) is 4.42. The van der Waals surface area contributed by atoms with Gasteiger partial charge in [0.25, 0.3) is 5.91 Å². The third kappa shape index (κ3) is 6.43. The molecule has 0 aromatic heterocycles. The minimum absolute atomic E-state index is 0.230. The number of halogens is 2. The summed E-state index contributed by atoms with van der Waals surface area (Å²) in [6.45, 7) is -0.230. The molecular weight excluding hydrogens is 472 g/mol. The Labute approximate surface area is 186 Å². The molecule has 0 spiro atoms. The van der Waals surface area contributed by atoms with E-state index in [-0.39, 0.29) is 6.61 Å². The van der Waals surface area contributed by atoms with Crippen molar-refractivity contribution in [2.45, 2.75) is 0 Å². The van der Waals surface area contributed by atoms with Gasteiger partial charge < -0.3 is 9.47 Å². The van der Waals surface area contributed by atoms with E-state index in [0.29, 0.717) is 27.6 Å². The number of benzene rings is 3. The number of amides is 1. The van der Waals surface area contributed by atoms with Crippen molar-refractivity contribution in [3.63, 3.8) is 0 Å². The average Bonchev–Trinajstić information content (AvgIpc) is 2.75. The van der Waals surface area contributed by atoms with Gasteiger partial charge in [-0.25, -0.2) is 10.2 Å². The molecule has 0 fully saturated rings. The predicted molar refractivity (Wildman–Crippen MR) is 118 cm³/mol. The Kier molecular flexibility index (Phi) is 7.59. The van der Waals surface area contributed by atoms with Gasteiger partial charge in [0, 0.05) is 15.1 Å². The van der Waals surface area contributed by atoms with E-state index in [2.05, 4.69) is 26.5 Å². The summed E-state index contributed by atoms with van der Waals surface area (Å²) in [4.78, 5) is 24.2. The molecule has 30 heavy (non-hydrogen) atoms. The van der Waals surface area contributed by atoms with Crippen molar-refractivity contribution in [1.82, 2.24) is 5.43 Å². The molecule has 0 aliphatic rings. The second kappa shape index (κ2) is 10.6. The zero-order valence-corrected chi connectivity index (χ0v) is 17.9. The van der Waals surface area contributed by atoms with Gasteiger partial charge in [-0.15, -0.1) is 0 Å². The van der Waals surface area contributed by atoms with Crippen LogP contribution < -0.4 is 14.9 Å². The molecule has 3 rings (SSSR count). The van der Waals surface area contributed by atoms with Gasteiger partial charge in [-0.05, 0) is 48.5 Å². The van der Waals surface area contributed by atoms with E-state index < -0.39 is 11.9 Å². The van der Waals surface area contributed by atoms with Crippen LogP contribution in [-0.2, 0) is 4.79 Å². The quantitative estimate of drug-likeness (QED) is 0.224. The average molecular weight is 488 g/mol. The summed E-state index contributed by atoms with van der Waals surface area (Å²) in [6, 6.07) is 20.5. The van der Waals surface area contributed by atoms with Gasteiger partial charge >= 0.3 is 5.97 Å². The number of nitrogens with zero attached hydrogens (tertiary/aromatic N) is 1. The molecule has 0 aliphatic carbocycles. The first-order valence-electron chi connectivity index (χ1n) is 8.78. The normalized spacial score (nSPS) is 10.6. The number of hydrogen-bond acceptors (Lipinski definition) is 5. The molecule has 0 saturated carbocycles. The lowest BCUT2D eigenvalue weighted by Crippen LogP contribution is -2.24. The van der Waals surface area contributed by atoms with Crippen LogP contribution in [0.2, 0.25) is 5.02 Å². The van der Waals surface area contributed by atoms with Gasteiger partial charge in [0.2, 0.25) is 0 Å². The maximum absolute atomic E-state index is 12.3. The topological polar surface area (TPSA) is 77.0 Å². The molecule has 8 heteroatoms. The molecule has 0 heterocycles. The van der Waals surface area contributed by atoms with E-state index in [9.17, 15) is 9.59 Å². The standard InChI is InChI=1S/C22H16BrClN2O4/c23-17-9-10-20(30-22(28)15-5-2-1-3-6-15)16(11-17)13-25-26-21(27)14-29-19-8-4-7-18(24)12-19/h1-13H,14H2,(H,26,27). The number of nitrogens with one attached hydrogen (secondary N) is 1. The fourth-order valence-corrected chi connectivity index (χ4v) is 2.92. The Morgan fingerprint density at radius 1 is 1.03 bits per heavy atom. The van der Waals surface area contributed by atoms with E-state index >= 15 is 0 Å². The third-order valence-electron chi connectivity index (χ3n) is 3.74. The van der Waals surface area contributed by atoms with Crippen LogP contribution in [0, 0.1) is 0 Å². The molecule has 1 N–H and O–H groups in total. The highest BCUT2D eigenvalue weighted by Gasteiger charge is 2.11. The molecule has 0 radical (unpaired) electrons. The van der Waals surface area contributed by atoms with Gasteiger partial charge in [-0.3, -0.25) is 4.79 Å². The van der Waals surface area contributed by atoms with Crippen molar-refractivity contribution in [3.05, 3.63) is 93.4 Å². The van der Waals surface area contributed by atoms with Crippen molar-refractivity contribution >= 4 is 45.6 Å². The first-order valence-corrected chi connectivity index (χ1v) is 9.95. The van der Waals surface area contributed by atoms with E-state index in [0.717, 1.165) is 4.47 Å². The highest BCUT2D eigenvalue weighted by atomic mass is 79.9. The number of esters is 1. The first-order chi connectivity index (χ1) is 14.5. The monoisotopic (exact) mass is 486 g/mol. The Morgan fingerprint density at radius 2 is 1.83 bits per heavy atom. The molecule has 0 atom stereocenters. The lowest BCUT2D eigenvalue weighted by molar-refractivity contribution is -0.123. The fraction of sp³-hybridized carbons (Fsp3) is 0.0455. The minimum atomic E-state index is -0.494. The van der Waals surface area contributed by atoms with E-state index in [1.165, 1.54) is 6.21 Å². The van der Waals surface area contributed by atoms with Crippen LogP contribution in [-0.4, -0.2) is 24.7 Å². The second-order valence-corrected chi connectivity index (χ2v) is 7.33. The van der Waals surface area contributed by atoms with Crippen LogP contribution >= 0.6 is 27.5 Å². The summed E-state index contributed by atoms with van der Waals surface area (Å²) in [6.07, 6.45) is 1.38. The van der Waals surface area contributed by atoms with Gasteiger partial charge in [0.15, 0.2) is 6.61 Å². The number of hydrazone groups is 1. The largest absolute Gasteiger partial charge is 0.484 e. The lowest BCUT2D eigenvalue weighted by Gasteiger charge is -2.08.